The highest BCUT2D eigenvalue weighted by molar-refractivity contribution is 7.19. The summed E-state index contributed by atoms with van der Waals surface area (Å²) >= 11 is 13.8. The molecule has 3 N–H and O–H groups in total. The van der Waals surface area contributed by atoms with Crippen molar-refractivity contribution in [3.8, 4) is 38.3 Å². The number of pyridine rings is 1. The molecule has 0 aliphatic rings. The van der Waals surface area contributed by atoms with Crippen LogP contribution in [-0.2, 0) is 4.74 Å². The Balaban J connectivity index is 2.01. The quantitative estimate of drug-likeness (QED) is 0.247. The number of esters is 1. The molecule has 3 heterocycles. The van der Waals surface area contributed by atoms with Gasteiger partial charge in [-0.15, -0.1) is 11.3 Å². The first-order valence-electron chi connectivity index (χ1n) is 8.99. The van der Waals surface area contributed by atoms with Gasteiger partial charge in [-0.05, 0) is 29.8 Å². The number of hydrogen-bond acceptors (Lipinski definition) is 8. The first-order valence-corrected chi connectivity index (χ1v) is 10.6. The molecule has 160 valence electrons. The summed E-state index contributed by atoms with van der Waals surface area (Å²) in [6.45, 7) is 0. The maximum atomic E-state index is 11.9. The number of thiophene rings is 1. The number of carbonyl (C=O) groups is 1. The van der Waals surface area contributed by atoms with E-state index in [9.17, 15) is 15.3 Å². The molecule has 11 heteroatoms. The molecule has 0 spiro atoms. The van der Waals surface area contributed by atoms with Gasteiger partial charge in [-0.2, -0.15) is 5.26 Å². The van der Waals surface area contributed by atoms with Gasteiger partial charge in [0.2, 0.25) is 0 Å². The normalized spacial score (nSPS) is 10.6. The van der Waals surface area contributed by atoms with Crippen molar-refractivity contribution in [2.24, 2.45) is 0 Å². The van der Waals surface area contributed by atoms with E-state index in [2.05, 4.69) is 21.0 Å². The van der Waals surface area contributed by atoms with Crippen molar-refractivity contribution in [2.75, 3.05) is 12.6 Å². The van der Waals surface area contributed by atoms with E-state index in [1.807, 2.05) is 5.48 Å². The number of anilines is 1. The van der Waals surface area contributed by atoms with Crippen LogP contribution in [0.4, 0.5) is 5.82 Å². The summed E-state index contributed by atoms with van der Waals surface area (Å²) in [6.07, 6.45) is 2.87. The molecule has 0 radical (unpaired) electrons. The van der Waals surface area contributed by atoms with Crippen LogP contribution >= 0.6 is 34.5 Å². The van der Waals surface area contributed by atoms with Gasteiger partial charge in [-0.1, -0.05) is 29.3 Å². The summed E-state index contributed by atoms with van der Waals surface area (Å²) in [5.41, 5.74) is 4.28. The van der Waals surface area contributed by atoms with E-state index in [1.165, 1.54) is 30.8 Å². The lowest BCUT2D eigenvalue weighted by Gasteiger charge is -2.07. The fourth-order valence-corrected chi connectivity index (χ4v) is 4.86. The number of nitrogens with zero attached hydrogens (tertiary/aromatic N) is 3. The number of carbonyl (C=O) groups excluding carboxylic acids is 1. The van der Waals surface area contributed by atoms with Crippen LogP contribution in [0.1, 0.15) is 16.1 Å². The van der Waals surface area contributed by atoms with Crippen molar-refractivity contribution >= 4 is 46.3 Å². The monoisotopic (exact) mass is 485 g/mol. The number of ether oxygens (including phenoxy) is 1. The Hall–Kier alpha value is -3.42. The van der Waals surface area contributed by atoms with Gasteiger partial charge >= 0.3 is 5.97 Å². The molecule has 8 nitrogen and oxygen atoms in total. The lowest BCUT2D eigenvalue weighted by molar-refractivity contribution is 0.0595. The number of halogens is 2. The molecule has 0 aliphatic carbocycles. The van der Waals surface area contributed by atoms with Gasteiger partial charge in [-0.25, -0.2) is 14.8 Å². The number of H-pyrrole nitrogens is 1. The van der Waals surface area contributed by atoms with Crippen molar-refractivity contribution < 1.29 is 14.7 Å². The Morgan fingerprint density at radius 1 is 1.25 bits per heavy atom. The third-order valence-corrected chi connectivity index (χ3v) is 6.35. The van der Waals surface area contributed by atoms with Gasteiger partial charge in [-0.3, -0.25) is 10.7 Å². The molecule has 0 bridgehead atoms. The number of nitriles is 1. The fraction of sp³-hybridized carbons (Fsp3) is 0.0476. The number of nitrogens with one attached hydrogen (secondary N) is 2. The van der Waals surface area contributed by atoms with Gasteiger partial charge < -0.3 is 9.72 Å². The van der Waals surface area contributed by atoms with Gasteiger partial charge in [0.15, 0.2) is 0 Å². The van der Waals surface area contributed by atoms with Gasteiger partial charge in [0.05, 0.1) is 28.6 Å². The third kappa shape index (κ3) is 3.92. The molecule has 0 atom stereocenters. The van der Waals surface area contributed by atoms with E-state index >= 15 is 0 Å². The average Bonchev–Trinajstić information content (AvgIpc) is 3.43. The van der Waals surface area contributed by atoms with Crippen molar-refractivity contribution in [1.29, 1.82) is 5.26 Å². The molecule has 4 rings (SSSR count). The predicted molar refractivity (Wildman–Crippen MR) is 122 cm³/mol. The SMILES string of the molecule is COC(=O)c1cnc(-c2sc(-c3ccnc(NO)c3)c(C#N)c2-c2ccc(Cl)cc2Cl)[nH]1. The number of imidazole rings is 1. The van der Waals surface area contributed by atoms with Crippen LogP contribution in [0.25, 0.3) is 32.3 Å². The maximum absolute atomic E-state index is 11.9. The Kier molecular flexibility index (Phi) is 6.12. The number of hydrogen-bond donors (Lipinski definition) is 3. The number of rotatable bonds is 5. The molecular weight excluding hydrogens is 473 g/mol. The molecular formula is C21H13Cl2N5O3S. The zero-order chi connectivity index (χ0) is 22.8. The van der Waals surface area contributed by atoms with Crippen LogP contribution in [0.2, 0.25) is 10.0 Å². The minimum atomic E-state index is -0.570. The van der Waals surface area contributed by atoms with Gasteiger partial charge in [0.25, 0.3) is 0 Å². The highest BCUT2D eigenvalue weighted by atomic mass is 35.5. The van der Waals surface area contributed by atoms with Crippen LogP contribution in [0.3, 0.4) is 0 Å². The topological polar surface area (TPSA) is 124 Å². The summed E-state index contributed by atoms with van der Waals surface area (Å²) < 4.78 is 4.75. The van der Waals surface area contributed by atoms with E-state index < -0.39 is 5.97 Å². The summed E-state index contributed by atoms with van der Waals surface area (Å²) in [4.78, 5) is 24.4. The molecule has 0 unspecified atom stereocenters. The Labute approximate surface area is 196 Å². The predicted octanol–water partition coefficient (Wildman–Crippen LogP) is 5.63. The Bertz CT molecular complexity index is 1380. The van der Waals surface area contributed by atoms with Crippen molar-refractivity contribution in [1.82, 2.24) is 15.0 Å². The minimum absolute atomic E-state index is 0.166. The first-order chi connectivity index (χ1) is 15.5. The van der Waals surface area contributed by atoms with Crippen molar-refractivity contribution in [3.63, 3.8) is 0 Å². The zero-order valence-corrected chi connectivity index (χ0v) is 18.6. The Morgan fingerprint density at radius 2 is 2.06 bits per heavy atom. The van der Waals surface area contributed by atoms with E-state index in [0.717, 1.165) is 0 Å². The minimum Gasteiger partial charge on any atom is -0.464 e. The molecule has 3 aromatic heterocycles. The highest BCUT2D eigenvalue weighted by Gasteiger charge is 2.26. The average molecular weight is 486 g/mol. The molecule has 0 aliphatic heterocycles. The van der Waals surface area contributed by atoms with Gasteiger partial charge in [0, 0.05) is 27.4 Å². The van der Waals surface area contributed by atoms with Crippen LogP contribution in [-0.4, -0.2) is 33.2 Å². The summed E-state index contributed by atoms with van der Waals surface area (Å²) in [5, 5.41) is 20.1. The van der Waals surface area contributed by atoms with Crippen molar-refractivity contribution in [2.45, 2.75) is 0 Å². The molecule has 0 saturated heterocycles. The summed E-state index contributed by atoms with van der Waals surface area (Å²) in [5.74, 6) is 0.0204. The summed E-state index contributed by atoms with van der Waals surface area (Å²) in [7, 11) is 1.27. The van der Waals surface area contributed by atoms with E-state index in [-0.39, 0.29) is 11.5 Å². The second-order valence-corrected chi connectivity index (χ2v) is 8.29. The maximum Gasteiger partial charge on any atom is 0.356 e. The standard InChI is InChI=1S/C21H13Cl2N5O3S/c1-31-21(29)15-9-26-20(27-15)19-17(12-3-2-11(22)7-14(12)23)13(8-24)18(32-19)10-4-5-25-16(6-10)28-30/h2-7,9,30H,1H3,(H,25,28)(H,26,27). The summed E-state index contributed by atoms with van der Waals surface area (Å²) in [6, 6.07) is 10.6. The smallest absolute Gasteiger partial charge is 0.356 e. The molecule has 4 aromatic rings. The Morgan fingerprint density at radius 3 is 2.75 bits per heavy atom. The second kappa shape index (κ2) is 8.98. The lowest BCUT2D eigenvalue weighted by Crippen LogP contribution is -2.00. The lowest BCUT2D eigenvalue weighted by atomic mass is 9.98. The largest absolute Gasteiger partial charge is 0.464 e. The third-order valence-electron chi connectivity index (χ3n) is 4.55. The zero-order valence-electron chi connectivity index (χ0n) is 16.3. The number of methoxy groups -OCH3 is 1. The van der Waals surface area contributed by atoms with Gasteiger partial charge in [0.1, 0.15) is 23.4 Å². The number of aromatic amines is 1. The van der Waals surface area contributed by atoms with Crippen molar-refractivity contribution in [3.05, 3.63) is 64.0 Å². The van der Waals surface area contributed by atoms with Crippen LogP contribution in [0.5, 0.6) is 0 Å². The van der Waals surface area contributed by atoms with Crippen LogP contribution in [0.15, 0.2) is 42.7 Å². The highest BCUT2D eigenvalue weighted by Crippen LogP contribution is 2.48. The number of aromatic nitrogens is 3. The van der Waals surface area contributed by atoms with E-state index in [0.29, 0.717) is 47.9 Å². The molecule has 32 heavy (non-hydrogen) atoms. The molecule has 1 aromatic carbocycles. The molecule has 0 saturated carbocycles. The number of benzene rings is 1. The molecule has 0 amide bonds. The van der Waals surface area contributed by atoms with Crippen LogP contribution in [0, 0.1) is 11.3 Å². The fourth-order valence-electron chi connectivity index (χ4n) is 3.14. The second-order valence-electron chi connectivity index (χ2n) is 6.42. The first kappa shape index (κ1) is 21.8. The molecule has 0 fully saturated rings. The van der Waals surface area contributed by atoms with Crippen LogP contribution < -0.4 is 5.48 Å². The van der Waals surface area contributed by atoms with E-state index in [4.69, 9.17) is 27.9 Å². The van der Waals surface area contributed by atoms with E-state index in [1.54, 1.807) is 30.3 Å².